The van der Waals surface area contributed by atoms with E-state index in [9.17, 15) is 18.8 Å². The van der Waals surface area contributed by atoms with E-state index in [1.54, 1.807) is 24.4 Å². The number of nitrogens with one attached hydrogen (secondary N) is 1. The highest BCUT2D eigenvalue weighted by molar-refractivity contribution is 7.79. The number of imidazole rings is 1. The number of hydrogen-bond donors (Lipinski definition) is 2. The lowest BCUT2D eigenvalue weighted by molar-refractivity contribution is -0.128. The van der Waals surface area contributed by atoms with Gasteiger partial charge < -0.3 is 10.2 Å². The second-order valence-electron chi connectivity index (χ2n) is 8.56. The Morgan fingerprint density at radius 1 is 1.06 bits per heavy atom. The molecule has 10 heteroatoms. The molecule has 0 bridgehead atoms. The second-order valence-corrected chi connectivity index (χ2v) is 8.96. The molecule has 2 aromatic carbocycles. The van der Waals surface area contributed by atoms with Crippen LogP contribution in [-0.4, -0.2) is 43.0 Å². The average Bonchev–Trinajstić information content (AvgIpc) is 3.50. The maximum Gasteiger partial charge on any atom is 0.335 e. The van der Waals surface area contributed by atoms with Gasteiger partial charge in [-0.3, -0.25) is 14.0 Å². The number of aromatic nitrogens is 2. The minimum atomic E-state index is -1.53. The van der Waals surface area contributed by atoms with Crippen LogP contribution in [-0.2, 0) is 16.9 Å². The fourth-order valence-electron chi connectivity index (χ4n) is 4.78. The molecule has 0 spiro atoms. The molecule has 1 atom stereocenters. The molecule has 1 N–H and O–H groups in total. The Labute approximate surface area is 204 Å². The molecule has 0 radical (unpaired) electrons. The van der Waals surface area contributed by atoms with Crippen LogP contribution in [0.5, 0.6) is 0 Å². The van der Waals surface area contributed by atoms with Crippen LogP contribution in [0.1, 0.15) is 21.5 Å². The molecule has 8 nitrogen and oxygen atoms in total. The molecule has 2 aliphatic heterocycles. The number of halogens is 1. The second kappa shape index (κ2) is 7.67. The lowest BCUT2D eigenvalue weighted by Crippen LogP contribution is -2.52. The maximum absolute atomic E-state index is 13.7. The minimum Gasteiger partial charge on any atom is -0.331 e. The van der Waals surface area contributed by atoms with E-state index in [0.717, 1.165) is 16.9 Å². The summed E-state index contributed by atoms with van der Waals surface area (Å²) in [6.45, 7) is 0.0740. The molecule has 2 aliphatic rings. The van der Waals surface area contributed by atoms with Crippen LogP contribution >= 0.6 is 12.8 Å². The van der Waals surface area contributed by atoms with Gasteiger partial charge in [0.25, 0.3) is 11.8 Å². The number of rotatable bonds is 4. The van der Waals surface area contributed by atoms with Crippen molar-refractivity contribution in [3.63, 3.8) is 0 Å². The SMILES string of the molecule is O=C1c2cc(F)ccc2CN1C[C@@]1(c2ccc(-c3cnc4ccccn34)cc2)NC(=O)N(S)C1=O. The van der Waals surface area contributed by atoms with Gasteiger partial charge in [0.1, 0.15) is 11.5 Å². The van der Waals surface area contributed by atoms with Crippen molar-refractivity contribution in [2.45, 2.75) is 12.1 Å². The van der Waals surface area contributed by atoms with E-state index in [-0.39, 0.29) is 18.7 Å². The van der Waals surface area contributed by atoms with Gasteiger partial charge in [0.05, 0.1) is 18.4 Å². The van der Waals surface area contributed by atoms with Crippen LogP contribution < -0.4 is 5.32 Å². The van der Waals surface area contributed by atoms with E-state index in [0.29, 0.717) is 15.4 Å². The number of carbonyl (C=O) groups is 3. The summed E-state index contributed by atoms with van der Waals surface area (Å²) in [5.41, 5.74) is 2.41. The van der Waals surface area contributed by atoms with Gasteiger partial charge in [0, 0.05) is 23.9 Å². The quantitative estimate of drug-likeness (QED) is 0.341. The summed E-state index contributed by atoms with van der Waals surface area (Å²) in [5, 5.41) is 2.73. The number of imide groups is 1. The van der Waals surface area contributed by atoms with Gasteiger partial charge in [-0.25, -0.2) is 18.5 Å². The first-order chi connectivity index (χ1) is 16.9. The minimum absolute atomic E-state index is 0.126. The zero-order valence-corrected chi connectivity index (χ0v) is 19.1. The highest BCUT2D eigenvalue weighted by atomic mass is 32.1. The van der Waals surface area contributed by atoms with E-state index < -0.39 is 29.2 Å². The van der Waals surface area contributed by atoms with Crippen molar-refractivity contribution in [2.75, 3.05) is 6.54 Å². The highest BCUT2D eigenvalue weighted by Gasteiger charge is 2.54. The number of fused-ring (bicyclic) bond motifs is 2. The van der Waals surface area contributed by atoms with Gasteiger partial charge in [-0.15, -0.1) is 0 Å². The first-order valence-electron chi connectivity index (χ1n) is 10.8. The Kier molecular flexibility index (Phi) is 4.68. The normalized spacial score (nSPS) is 19.5. The van der Waals surface area contributed by atoms with Crippen LogP contribution in [0.4, 0.5) is 9.18 Å². The number of pyridine rings is 1. The van der Waals surface area contributed by atoms with E-state index in [2.05, 4.69) is 23.1 Å². The molecule has 0 aliphatic carbocycles. The van der Waals surface area contributed by atoms with Crippen LogP contribution in [0.3, 0.4) is 0 Å². The molecule has 0 unspecified atom stereocenters. The van der Waals surface area contributed by atoms with Gasteiger partial charge in [-0.2, -0.15) is 0 Å². The topological polar surface area (TPSA) is 87.0 Å². The number of urea groups is 1. The lowest BCUT2D eigenvalue weighted by Gasteiger charge is -2.31. The van der Waals surface area contributed by atoms with Gasteiger partial charge in [-0.05, 0) is 35.4 Å². The summed E-state index contributed by atoms with van der Waals surface area (Å²) in [6.07, 6.45) is 3.67. The molecular weight excluding hydrogens is 469 g/mol. The van der Waals surface area contributed by atoms with Crippen LogP contribution in [0.25, 0.3) is 16.9 Å². The predicted molar refractivity (Wildman–Crippen MR) is 128 cm³/mol. The molecule has 0 saturated carbocycles. The van der Waals surface area contributed by atoms with Crippen molar-refractivity contribution in [3.8, 4) is 11.3 Å². The molecule has 1 saturated heterocycles. The number of hydrogen-bond acceptors (Lipinski definition) is 5. The van der Waals surface area contributed by atoms with Gasteiger partial charge in [0.15, 0.2) is 5.54 Å². The fraction of sp³-hybridized carbons (Fsp3) is 0.120. The molecular formula is C25H18FN5O3S. The third-order valence-electron chi connectivity index (χ3n) is 6.54. The smallest absolute Gasteiger partial charge is 0.331 e. The summed E-state index contributed by atoms with van der Waals surface area (Å²) < 4.78 is 16.4. The monoisotopic (exact) mass is 487 g/mol. The molecule has 2 aromatic heterocycles. The number of carbonyl (C=O) groups excluding carboxylic acids is 3. The van der Waals surface area contributed by atoms with E-state index in [1.165, 1.54) is 17.0 Å². The fourth-order valence-corrected chi connectivity index (χ4v) is 5.00. The number of nitrogens with zero attached hydrogens (tertiary/aromatic N) is 4. The van der Waals surface area contributed by atoms with Crippen molar-refractivity contribution in [2.24, 2.45) is 0 Å². The Bertz CT molecular complexity index is 1540. The molecule has 4 heterocycles. The Morgan fingerprint density at radius 3 is 2.60 bits per heavy atom. The first-order valence-corrected chi connectivity index (χ1v) is 11.2. The Morgan fingerprint density at radius 2 is 1.86 bits per heavy atom. The first kappa shape index (κ1) is 21.4. The molecule has 1 fully saturated rings. The average molecular weight is 488 g/mol. The number of thiol groups is 1. The summed E-state index contributed by atoms with van der Waals surface area (Å²) in [7, 11) is 0. The van der Waals surface area contributed by atoms with Crippen molar-refractivity contribution in [1.29, 1.82) is 0 Å². The predicted octanol–water partition coefficient (Wildman–Crippen LogP) is 3.39. The van der Waals surface area contributed by atoms with Crippen molar-refractivity contribution >= 4 is 36.3 Å². The summed E-state index contributed by atoms with van der Waals surface area (Å²) in [4.78, 5) is 44.6. The third-order valence-corrected chi connectivity index (χ3v) is 6.90. The van der Waals surface area contributed by atoms with E-state index >= 15 is 0 Å². The molecule has 4 amide bonds. The van der Waals surface area contributed by atoms with Crippen molar-refractivity contribution in [1.82, 2.24) is 23.9 Å². The Hall–Kier alpha value is -4.18. The van der Waals surface area contributed by atoms with E-state index in [4.69, 9.17) is 0 Å². The van der Waals surface area contributed by atoms with Gasteiger partial charge >= 0.3 is 6.03 Å². The summed E-state index contributed by atoms with van der Waals surface area (Å²) >= 11 is 4.04. The molecule has 4 aromatic rings. The van der Waals surface area contributed by atoms with E-state index in [1.807, 2.05) is 40.9 Å². The molecule has 6 rings (SSSR count). The lowest BCUT2D eigenvalue weighted by atomic mass is 9.88. The number of benzene rings is 2. The third kappa shape index (κ3) is 3.21. The van der Waals surface area contributed by atoms with Crippen LogP contribution in [0, 0.1) is 5.82 Å². The zero-order valence-electron chi connectivity index (χ0n) is 18.2. The Balaban J connectivity index is 1.38. The van der Waals surface area contributed by atoms with Crippen LogP contribution in [0.2, 0.25) is 0 Å². The molecule has 174 valence electrons. The van der Waals surface area contributed by atoms with Crippen molar-refractivity contribution < 1.29 is 18.8 Å². The van der Waals surface area contributed by atoms with Crippen molar-refractivity contribution in [3.05, 3.63) is 95.6 Å². The summed E-state index contributed by atoms with van der Waals surface area (Å²) in [5.74, 6) is -1.51. The van der Waals surface area contributed by atoms with Crippen LogP contribution in [0.15, 0.2) is 73.1 Å². The maximum atomic E-state index is 13.7. The number of amides is 4. The zero-order chi connectivity index (χ0) is 24.3. The standard InChI is InChI=1S/C25H18FN5O3S/c26-18-9-6-16-13-29(22(32)19(16)11-18)14-25(23(33)31(35)24(34)28-25)17-7-4-15(5-8-17)20-12-27-21-3-1-2-10-30(20)21/h1-12,35H,13-14H2,(H,28,34)/t25-/m0/s1. The highest BCUT2D eigenvalue weighted by Crippen LogP contribution is 2.35. The molecule has 35 heavy (non-hydrogen) atoms. The summed E-state index contributed by atoms with van der Waals surface area (Å²) in [6, 6.07) is 16.2. The largest absolute Gasteiger partial charge is 0.335 e. The van der Waals surface area contributed by atoms with Gasteiger partial charge in [-0.1, -0.05) is 49.2 Å². The van der Waals surface area contributed by atoms with Gasteiger partial charge in [0.2, 0.25) is 0 Å².